The highest BCUT2D eigenvalue weighted by Crippen LogP contribution is 2.52. The predicted molar refractivity (Wildman–Crippen MR) is 110 cm³/mol. The summed E-state index contributed by atoms with van der Waals surface area (Å²) in [7, 11) is 6.67. The second-order valence-electron chi connectivity index (χ2n) is 8.42. The Morgan fingerprint density at radius 3 is 2.64 bits per heavy atom. The monoisotopic (exact) mass is 471 g/mol. The highest BCUT2D eigenvalue weighted by Gasteiger charge is 2.69. The Balaban J connectivity index is 1.96. The van der Waals surface area contributed by atoms with Crippen molar-refractivity contribution in [3.63, 3.8) is 0 Å². The van der Waals surface area contributed by atoms with Crippen molar-refractivity contribution in [2.24, 2.45) is 5.92 Å². The molecule has 2 aliphatic heterocycles. The van der Waals surface area contributed by atoms with Crippen LogP contribution < -0.4 is 16.5 Å². The van der Waals surface area contributed by atoms with Gasteiger partial charge in [-0.1, -0.05) is 13.8 Å². The van der Waals surface area contributed by atoms with E-state index in [4.69, 9.17) is 31.7 Å². The number of nitrogens with zero attached hydrogens (tertiary/aromatic N) is 2. The van der Waals surface area contributed by atoms with E-state index in [-0.39, 0.29) is 5.92 Å². The van der Waals surface area contributed by atoms with Gasteiger partial charge in [0.1, 0.15) is 18.4 Å². The summed E-state index contributed by atoms with van der Waals surface area (Å²) in [5.74, 6) is -0.971. The van der Waals surface area contributed by atoms with E-state index in [2.05, 4.69) is 5.23 Å². The largest absolute Gasteiger partial charge is 0.442 e. The quantitative estimate of drug-likeness (QED) is 0.325. The number of halogens is 1. The van der Waals surface area contributed by atoms with Crippen molar-refractivity contribution in [1.29, 1.82) is 0 Å². The van der Waals surface area contributed by atoms with Gasteiger partial charge in [-0.05, 0) is 12.8 Å². The average Bonchev–Trinajstić information content (AvgIpc) is 3.24. The molecule has 3 rings (SSSR count). The number of fused-ring (bicyclic) bond motifs is 1. The van der Waals surface area contributed by atoms with E-state index in [1.165, 1.54) is 14.0 Å². The zero-order valence-corrected chi connectivity index (χ0v) is 18.7. The van der Waals surface area contributed by atoms with Crippen LogP contribution >= 0.6 is 0 Å². The van der Waals surface area contributed by atoms with Crippen LogP contribution in [0.25, 0.3) is 0 Å². The molecule has 1 aromatic heterocycles. The highest BCUT2D eigenvalue weighted by molar-refractivity contribution is 6.06. The molecule has 0 aromatic carbocycles. The first-order valence-electron chi connectivity index (χ1n) is 10.2. The normalized spacial score (nSPS) is 32.2. The van der Waals surface area contributed by atoms with Crippen molar-refractivity contribution in [2.75, 3.05) is 20.4 Å². The van der Waals surface area contributed by atoms with Gasteiger partial charge >= 0.3 is 11.7 Å². The van der Waals surface area contributed by atoms with Gasteiger partial charge in [0.25, 0.3) is 12.0 Å². The molecule has 182 valence electrons. The van der Waals surface area contributed by atoms with E-state index in [0.717, 1.165) is 16.8 Å². The predicted octanol–water partition coefficient (Wildman–Crippen LogP) is -1.46. The Morgan fingerprint density at radius 1 is 1.39 bits per heavy atom. The molecule has 12 nitrogen and oxygen atoms in total. The Morgan fingerprint density at radius 2 is 2.09 bits per heavy atom. The molecule has 33 heavy (non-hydrogen) atoms. The molecule has 1 aromatic rings. The Bertz CT molecular complexity index is 982. The molecule has 2 unspecified atom stereocenters. The molecule has 0 amide bonds. The van der Waals surface area contributed by atoms with Crippen LogP contribution in [0.3, 0.4) is 0 Å². The third-order valence-electron chi connectivity index (χ3n) is 5.90. The summed E-state index contributed by atoms with van der Waals surface area (Å²) in [6, 6.07) is 0.199. The minimum absolute atomic E-state index is 0.212. The fourth-order valence-electron chi connectivity index (χ4n) is 4.06. The number of aromatic nitrogens is 2. The summed E-state index contributed by atoms with van der Waals surface area (Å²) in [4.78, 5) is 37.8. The molecule has 2 fully saturated rings. The molecule has 3 heterocycles. The van der Waals surface area contributed by atoms with Crippen molar-refractivity contribution >= 4 is 14.0 Å². The van der Waals surface area contributed by atoms with Crippen molar-refractivity contribution in [3.8, 4) is 0 Å². The number of methoxy groups -OCH3 is 1. The fraction of sp³-hybridized carbons (Fsp3) is 0.737. The number of esters is 1. The van der Waals surface area contributed by atoms with Crippen LogP contribution in [-0.4, -0.2) is 78.4 Å². The lowest BCUT2D eigenvalue weighted by Gasteiger charge is -2.28. The second kappa shape index (κ2) is 9.64. The maximum atomic E-state index is 14.0. The SMILES string of the molecule is [B]NC(C(=O)OCn1c(=O)ccn([C@@H]2O[C@@](CO)(CF)[C@H]3OC(OC)O[C@]32C)c1=O)C(C)C. The molecule has 14 heteroatoms. The van der Waals surface area contributed by atoms with E-state index in [1.54, 1.807) is 13.8 Å². The molecule has 0 bridgehead atoms. The lowest BCUT2D eigenvalue weighted by molar-refractivity contribution is -0.283. The Labute approximate surface area is 189 Å². The first-order valence-corrected chi connectivity index (χ1v) is 10.2. The van der Waals surface area contributed by atoms with Gasteiger partial charge in [0.15, 0.2) is 26.5 Å². The maximum Gasteiger partial charge on any atom is 0.336 e. The van der Waals surface area contributed by atoms with Crippen molar-refractivity contribution in [1.82, 2.24) is 14.4 Å². The van der Waals surface area contributed by atoms with Crippen molar-refractivity contribution in [2.45, 2.75) is 63.6 Å². The molecule has 2 N–H and O–H groups in total. The van der Waals surface area contributed by atoms with Gasteiger partial charge in [-0.25, -0.2) is 13.8 Å². The molecule has 0 spiro atoms. The van der Waals surface area contributed by atoms with Crippen LogP contribution in [0.2, 0.25) is 0 Å². The van der Waals surface area contributed by atoms with Gasteiger partial charge < -0.3 is 34.0 Å². The van der Waals surface area contributed by atoms with Gasteiger partial charge in [0.2, 0.25) is 0 Å². The number of hydrogen-bond donors (Lipinski definition) is 2. The minimum atomic E-state index is -1.84. The summed E-state index contributed by atoms with van der Waals surface area (Å²) >= 11 is 0. The zero-order valence-electron chi connectivity index (χ0n) is 18.7. The van der Waals surface area contributed by atoms with E-state index in [9.17, 15) is 23.9 Å². The molecule has 2 aliphatic rings. The van der Waals surface area contributed by atoms with Gasteiger partial charge in [0, 0.05) is 19.4 Å². The van der Waals surface area contributed by atoms with E-state index in [1.807, 2.05) is 0 Å². The van der Waals surface area contributed by atoms with Gasteiger partial charge in [-0.3, -0.25) is 14.2 Å². The standard InChI is InChI=1S/C19H27BFN3O9/c1-10(2)12(22-20)13(27)30-9-24-11(26)5-6-23(16(24)28)15-18(3)14(31-17(29-4)33-18)19(7-21,8-25)32-15/h5-6,10,12,14-15,17,22,25H,7-9H2,1-4H3/t12?,14-,15+,17?,18+,19+/m0/s1. The topological polar surface area (TPSA) is 139 Å². The van der Waals surface area contributed by atoms with Crippen molar-refractivity contribution < 1.29 is 38.0 Å². The maximum absolute atomic E-state index is 14.0. The smallest absolute Gasteiger partial charge is 0.336 e. The number of rotatable bonds is 9. The minimum Gasteiger partial charge on any atom is -0.442 e. The summed E-state index contributed by atoms with van der Waals surface area (Å²) in [6.45, 7) is 1.18. The van der Waals surface area contributed by atoms with Crippen LogP contribution in [-0.2, 0) is 35.2 Å². The van der Waals surface area contributed by atoms with Crippen LogP contribution in [0.4, 0.5) is 4.39 Å². The summed E-state index contributed by atoms with van der Waals surface area (Å²) in [5, 5.41) is 12.2. The molecule has 0 aliphatic carbocycles. The first-order chi connectivity index (χ1) is 15.6. The van der Waals surface area contributed by atoms with Crippen LogP contribution in [0.5, 0.6) is 0 Å². The summed E-state index contributed by atoms with van der Waals surface area (Å²) in [6.07, 6.45) is -1.30. The Hall–Kier alpha value is -2.10. The van der Waals surface area contributed by atoms with Crippen LogP contribution in [0.1, 0.15) is 27.0 Å². The van der Waals surface area contributed by atoms with E-state index < -0.39 is 73.3 Å². The third kappa shape index (κ3) is 4.26. The third-order valence-corrected chi connectivity index (χ3v) is 5.90. The lowest BCUT2D eigenvalue weighted by atomic mass is 9.88. The number of ether oxygens (including phenoxy) is 5. The number of aliphatic hydroxyl groups is 1. The number of carbonyl (C=O) groups excluding carboxylic acids is 1. The molecule has 2 saturated heterocycles. The summed E-state index contributed by atoms with van der Waals surface area (Å²) in [5.41, 5.74) is -4.97. The molecule has 6 atom stereocenters. The van der Waals surface area contributed by atoms with Crippen LogP contribution in [0, 0.1) is 5.92 Å². The number of hydrogen-bond acceptors (Lipinski definition) is 10. The van der Waals surface area contributed by atoms with Crippen LogP contribution in [0.15, 0.2) is 21.9 Å². The average molecular weight is 471 g/mol. The first kappa shape index (κ1) is 25.5. The molecule has 0 saturated carbocycles. The highest BCUT2D eigenvalue weighted by atomic mass is 19.1. The van der Waals surface area contributed by atoms with Crippen molar-refractivity contribution in [3.05, 3.63) is 33.1 Å². The van der Waals surface area contributed by atoms with E-state index >= 15 is 0 Å². The number of nitrogens with one attached hydrogen (secondary N) is 1. The lowest BCUT2D eigenvalue weighted by Crippen LogP contribution is -2.51. The molecular formula is C19H27BFN3O9. The Kier molecular flexibility index (Phi) is 7.46. The molecular weight excluding hydrogens is 444 g/mol. The van der Waals surface area contributed by atoms with E-state index in [0.29, 0.717) is 4.57 Å². The number of alkyl halides is 1. The second-order valence-corrected chi connectivity index (χ2v) is 8.42. The fourth-order valence-corrected chi connectivity index (χ4v) is 4.06. The number of aliphatic hydroxyl groups excluding tert-OH is 1. The number of carbonyl (C=O) groups is 1. The van der Waals surface area contributed by atoms with Gasteiger partial charge in [-0.2, -0.15) is 0 Å². The zero-order chi connectivity index (χ0) is 24.6. The van der Waals surface area contributed by atoms with Gasteiger partial charge in [-0.15, -0.1) is 0 Å². The summed E-state index contributed by atoms with van der Waals surface area (Å²) < 4.78 is 42.9. The molecule has 2 radical (unpaired) electrons. The van der Waals surface area contributed by atoms with Gasteiger partial charge in [0.05, 0.1) is 12.6 Å².